The van der Waals surface area contributed by atoms with Crippen molar-refractivity contribution in [1.29, 1.82) is 0 Å². The second-order valence-electron chi connectivity index (χ2n) is 5.62. The molecule has 0 spiro atoms. The average Bonchev–Trinajstić information content (AvgIpc) is 2.19. The molecule has 1 aromatic carbocycles. The Morgan fingerprint density at radius 3 is 2.53 bits per heavy atom. The maximum atomic E-state index is 13.5. The molecule has 1 nitrogen and oxygen atoms in total. The second-order valence-corrected chi connectivity index (χ2v) is 5.62. The molecule has 1 aromatic rings. The minimum absolute atomic E-state index is 0.0253. The van der Waals surface area contributed by atoms with Crippen LogP contribution in [0.1, 0.15) is 37.8 Å². The summed E-state index contributed by atoms with van der Waals surface area (Å²) in [6.07, 6.45) is 3.06. The van der Waals surface area contributed by atoms with Crippen LogP contribution in [0.25, 0.3) is 5.57 Å². The molecule has 90 valence electrons. The number of ketones is 1. The molecule has 2 rings (SSSR count). The number of carbonyl (C=O) groups excluding carboxylic acids is 1. The number of aryl methyl sites for hydroxylation is 1. The fraction of sp³-hybridized carbons (Fsp3) is 0.400. The van der Waals surface area contributed by atoms with Crippen LogP contribution in [0.2, 0.25) is 0 Å². The van der Waals surface area contributed by atoms with Crippen molar-refractivity contribution in [2.24, 2.45) is 5.41 Å². The Hall–Kier alpha value is -1.44. The minimum atomic E-state index is -0.209. The number of hydrogen-bond donors (Lipinski definition) is 0. The maximum absolute atomic E-state index is 13.5. The molecule has 0 unspecified atom stereocenters. The SMILES string of the molecule is Cc1ccc(C2=CC(=O)CC(C)(C)C2)cc1F. The molecule has 0 aromatic heterocycles. The summed E-state index contributed by atoms with van der Waals surface area (Å²) in [5.74, 6) is -0.0727. The van der Waals surface area contributed by atoms with E-state index < -0.39 is 0 Å². The van der Waals surface area contributed by atoms with E-state index in [1.54, 1.807) is 19.1 Å². The summed E-state index contributed by atoms with van der Waals surface area (Å²) >= 11 is 0. The molecule has 1 aliphatic carbocycles. The van der Waals surface area contributed by atoms with E-state index in [4.69, 9.17) is 0 Å². The van der Waals surface area contributed by atoms with Gasteiger partial charge in [-0.25, -0.2) is 4.39 Å². The molecule has 0 fully saturated rings. The van der Waals surface area contributed by atoms with E-state index in [0.717, 1.165) is 17.6 Å². The van der Waals surface area contributed by atoms with E-state index in [0.29, 0.717) is 12.0 Å². The number of rotatable bonds is 1. The van der Waals surface area contributed by atoms with Gasteiger partial charge >= 0.3 is 0 Å². The van der Waals surface area contributed by atoms with Crippen LogP contribution in [-0.4, -0.2) is 5.78 Å². The second kappa shape index (κ2) is 4.10. The third kappa shape index (κ3) is 2.63. The number of hydrogen-bond acceptors (Lipinski definition) is 1. The molecule has 0 amide bonds. The van der Waals surface area contributed by atoms with Gasteiger partial charge in [-0.1, -0.05) is 26.0 Å². The van der Waals surface area contributed by atoms with Gasteiger partial charge in [-0.15, -0.1) is 0 Å². The van der Waals surface area contributed by atoms with E-state index in [9.17, 15) is 9.18 Å². The van der Waals surface area contributed by atoms with E-state index >= 15 is 0 Å². The lowest BCUT2D eigenvalue weighted by molar-refractivity contribution is -0.116. The Bertz CT molecular complexity index is 498. The van der Waals surface area contributed by atoms with Crippen molar-refractivity contribution in [3.05, 3.63) is 41.2 Å². The van der Waals surface area contributed by atoms with Crippen molar-refractivity contribution in [2.45, 2.75) is 33.6 Å². The zero-order chi connectivity index (χ0) is 12.6. The number of halogens is 1. The number of allylic oxidation sites excluding steroid dienone is 2. The maximum Gasteiger partial charge on any atom is 0.156 e. The van der Waals surface area contributed by atoms with Crippen LogP contribution in [0.3, 0.4) is 0 Å². The highest BCUT2D eigenvalue weighted by atomic mass is 19.1. The van der Waals surface area contributed by atoms with Gasteiger partial charge in [-0.05, 0) is 47.6 Å². The zero-order valence-electron chi connectivity index (χ0n) is 10.5. The molecule has 0 radical (unpaired) electrons. The van der Waals surface area contributed by atoms with Crippen LogP contribution in [0.4, 0.5) is 4.39 Å². The molecule has 0 aliphatic heterocycles. The first-order chi connectivity index (χ1) is 7.87. The summed E-state index contributed by atoms with van der Waals surface area (Å²) in [7, 11) is 0. The molecule has 17 heavy (non-hydrogen) atoms. The largest absolute Gasteiger partial charge is 0.295 e. The van der Waals surface area contributed by atoms with Gasteiger partial charge in [0.15, 0.2) is 5.78 Å². The van der Waals surface area contributed by atoms with Gasteiger partial charge in [-0.3, -0.25) is 4.79 Å². The predicted molar refractivity (Wildman–Crippen MR) is 67.1 cm³/mol. The van der Waals surface area contributed by atoms with Crippen LogP contribution in [0.5, 0.6) is 0 Å². The molecule has 0 atom stereocenters. The third-order valence-corrected chi connectivity index (χ3v) is 3.20. The Labute approximate surface area is 101 Å². The van der Waals surface area contributed by atoms with Crippen molar-refractivity contribution in [2.75, 3.05) is 0 Å². The summed E-state index contributed by atoms with van der Waals surface area (Å²) in [6, 6.07) is 5.17. The van der Waals surface area contributed by atoms with Crippen molar-refractivity contribution >= 4 is 11.4 Å². The highest BCUT2D eigenvalue weighted by Crippen LogP contribution is 2.38. The third-order valence-electron chi connectivity index (χ3n) is 3.20. The fourth-order valence-corrected chi connectivity index (χ4v) is 2.32. The minimum Gasteiger partial charge on any atom is -0.295 e. The topological polar surface area (TPSA) is 17.1 Å². The lowest BCUT2D eigenvalue weighted by atomic mass is 9.75. The monoisotopic (exact) mass is 232 g/mol. The van der Waals surface area contributed by atoms with Crippen LogP contribution in [0, 0.1) is 18.2 Å². The quantitative estimate of drug-likeness (QED) is 0.717. The summed E-state index contributed by atoms with van der Waals surface area (Å²) in [4.78, 5) is 11.6. The summed E-state index contributed by atoms with van der Waals surface area (Å²) in [5.41, 5.74) is 2.39. The van der Waals surface area contributed by atoms with Crippen LogP contribution in [-0.2, 0) is 4.79 Å². The first-order valence-corrected chi connectivity index (χ1v) is 5.87. The zero-order valence-corrected chi connectivity index (χ0v) is 10.5. The highest BCUT2D eigenvalue weighted by molar-refractivity contribution is 5.99. The van der Waals surface area contributed by atoms with E-state index in [2.05, 4.69) is 13.8 Å². The molecule has 0 saturated heterocycles. The predicted octanol–water partition coefficient (Wildman–Crippen LogP) is 3.91. The molecule has 0 bridgehead atoms. The number of carbonyl (C=O) groups is 1. The van der Waals surface area contributed by atoms with Crippen molar-refractivity contribution in [3.63, 3.8) is 0 Å². The van der Waals surface area contributed by atoms with Crippen LogP contribution >= 0.6 is 0 Å². The molecule has 1 aliphatic rings. The van der Waals surface area contributed by atoms with E-state index in [1.807, 2.05) is 6.07 Å². The fourth-order valence-electron chi connectivity index (χ4n) is 2.32. The average molecular weight is 232 g/mol. The Kier molecular flexibility index (Phi) is 2.90. The van der Waals surface area contributed by atoms with Crippen LogP contribution < -0.4 is 0 Å². The van der Waals surface area contributed by atoms with Crippen LogP contribution in [0.15, 0.2) is 24.3 Å². The molecule has 0 saturated carbocycles. The van der Waals surface area contributed by atoms with Gasteiger partial charge < -0.3 is 0 Å². The van der Waals surface area contributed by atoms with Gasteiger partial charge in [0.2, 0.25) is 0 Å². The Morgan fingerprint density at radius 2 is 1.94 bits per heavy atom. The summed E-state index contributed by atoms with van der Waals surface area (Å²) < 4.78 is 13.5. The van der Waals surface area contributed by atoms with Crippen molar-refractivity contribution < 1.29 is 9.18 Å². The van der Waals surface area contributed by atoms with Crippen molar-refractivity contribution in [1.82, 2.24) is 0 Å². The van der Waals surface area contributed by atoms with E-state index in [-0.39, 0.29) is 17.0 Å². The number of benzene rings is 1. The Balaban J connectivity index is 2.39. The molecule has 2 heteroatoms. The summed E-state index contributed by atoms with van der Waals surface area (Å²) in [6.45, 7) is 5.88. The lowest BCUT2D eigenvalue weighted by Gasteiger charge is -2.29. The van der Waals surface area contributed by atoms with Gasteiger partial charge in [0.25, 0.3) is 0 Å². The van der Waals surface area contributed by atoms with E-state index in [1.165, 1.54) is 6.07 Å². The summed E-state index contributed by atoms with van der Waals surface area (Å²) in [5, 5.41) is 0. The van der Waals surface area contributed by atoms with Crippen molar-refractivity contribution in [3.8, 4) is 0 Å². The van der Waals surface area contributed by atoms with Gasteiger partial charge in [0.1, 0.15) is 5.82 Å². The lowest BCUT2D eigenvalue weighted by Crippen LogP contribution is -2.21. The first-order valence-electron chi connectivity index (χ1n) is 5.87. The van der Waals surface area contributed by atoms with Gasteiger partial charge in [0, 0.05) is 6.42 Å². The van der Waals surface area contributed by atoms with Gasteiger partial charge in [-0.2, -0.15) is 0 Å². The molecular weight excluding hydrogens is 215 g/mol. The molecular formula is C15H17FO. The Morgan fingerprint density at radius 1 is 1.24 bits per heavy atom. The molecule has 0 N–H and O–H groups in total. The normalized spacial score (nSPS) is 19.1. The smallest absolute Gasteiger partial charge is 0.156 e. The first kappa shape index (κ1) is 12.0. The standard InChI is InChI=1S/C15H17FO/c1-10-4-5-11(7-14(10)16)12-6-13(17)9-15(2,3)8-12/h4-7H,8-9H2,1-3H3. The molecule has 0 heterocycles. The highest BCUT2D eigenvalue weighted by Gasteiger charge is 2.28. The van der Waals surface area contributed by atoms with Gasteiger partial charge in [0.05, 0.1) is 0 Å².